The number of phenolic OH excluding ortho intramolecular Hbond substituents is 3. The predicted molar refractivity (Wildman–Crippen MR) is 84.0 cm³/mol. The van der Waals surface area contributed by atoms with E-state index in [9.17, 15) is 20.1 Å². The molecule has 0 saturated carbocycles. The molecule has 0 fully saturated rings. The number of carbonyl (C=O) groups is 1. The summed E-state index contributed by atoms with van der Waals surface area (Å²) in [5.41, 5.74) is 1.77. The molecular weight excluding hydrogens is 284 g/mol. The number of hydrogen-bond donors (Lipinski definition) is 3. The zero-order valence-corrected chi connectivity index (χ0v) is 12.5. The number of rotatable bonds is 7. The lowest BCUT2D eigenvalue weighted by Crippen LogP contribution is -2.07. The Kier molecular flexibility index (Phi) is 6.25. The second-order valence-electron chi connectivity index (χ2n) is 4.89. The van der Waals surface area contributed by atoms with Gasteiger partial charge in [0.2, 0.25) is 0 Å². The minimum Gasteiger partial charge on any atom is -0.504 e. The first kappa shape index (κ1) is 17.4. The van der Waals surface area contributed by atoms with Crippen LogP contribution in [0.5, 0.6) is 17.2 Å². The highest BCUT2D eigenvalue weighted by atomic mass is 16.5. The monoisotopic (exact) mass is 304 g/mol. The predicted octanol–water partition coefficient (Wildman–Crippen LogP) is 3.43. The summed E-state index contributed by atoms with van der Waals surface area (Å²) in [6.45, 7) is 9.36. The first-order valence-corrected chi connectivity index (χ1v) is 6.73. The van der Waals surface area contributed by atoms with Gasteiger partial charge in [-0.2, -0.15) is 0 Å². The standard InChI is InChI=1S/C17H20O5/c1-4-11(2)6-5-7-12(3)10-22-17(21)13-8-14(18)16(20)15(19)9-13/h4,7-9,18-20H,1-2,5-6,10H2,3H3. The van der Waals surface area contributed by atoms with Gasteiger partial charge in [0.15, 0.2) is 17.2 Å². The Morgan fingerprint density at radius 3 is 2.41 bits per heavy atom. The molecule has 0 bridgehead atoms. The maximum absolute atomic E-state index is 11.8. The molecular formula is C17H20O5. The van der Waals surface area contributed by atoms with Crippen LogP contribution in [0.25, 0.3) is 0 Å². The average Bonchev–Trinajstić information content (AvgIpc) is 2.49. The Bertz CT molecular complexity index is 590. The molecule has 22 heavy (non-hydrogen) atoms. The molecule has 1 aromatic rings. The highest BCUT2D eigenvalue weighted by molar-refractivity contribution is 5.91. The van der Waals surface area contributed by atoms with Gasteiger partial charge >= 0.3 is 5.97 Å². The van der Waals surface area contributed by atoms with E-state index in [1.54, 1.807) is 6.08 Å². The average molecular weight is 304 g/mol. The summed E-state index contributed by atoms with van der Waals surface area (Å²) < 4.78 is 5.07. The topological polar surface area (TPSA) is 87.0 Å². The van der Waals surface area contributed by atoms with Gasteiger partial charge in [0, 0.05) is 0 Å². The van der Waals surface area contributed by atoms with Crippen molar-refractivity contribution in [2.45, 2.75) is 19.8 Å². The lowest BCUT2D eigenvalue weighted by atomic mass is 10.1. The summed E-state index contributed by atoms with van der Waals surface area (Å²) in [5.74, 6) is -2.53. The van der Waals surface area contributed by atoms with Crippen LogP contribution in [0.3, 0.4) is 0 Å². The number of allylic oxidation sites excluding steroid dienone is 3. The van der Waals surface area contributed by atoms with Gasteiger partial charge < -0.3 is 20.1 Å². The fraction of sp³-hybridized carbons (Fsp3) is 0.235. The van der Waals surface area contributed by atoms with Crippen LogP contribution in [-0.2, 0) is 4.74 Å². The number of phenols is 3. The Hall–Kier alpha value is -2.69. The zero-order chi connectivity index (χ0) is 16.7. The molecule has 0 heterocycles. The van der Waals surface area contributed by atoms with Crippen molar-refractivity contribution in [1.82, 2.24) is 0 Å². The maximum atomic E-state index is 11.8. The van der Waals surface area contributed by atoms with Crippen LogP contribution in [0.2, 0.25) is 0 Å². The highest BCUT2D eigenvalue weighted by Crippen LogP contribution is 2.35. The fourth-order valence-electron chi connectivity index (χ4n) is 1.65. The molecule has 0 spiro atoms. The quantitative estimate of drug-likeness (QED) is 0.311. The molecule has 0 unspecified atom stereocenters. The van der Waals surface area contributed by atoms with Gasteiger partial charge in [0.1, 0.15) is 6.61 Å². The van der Waals surface area contributed by atoms with Crippen LogP contribution in [0.4, 0.5) is 0 Å². The summed E-state index contributed by atoms with van der Waals surface area (Å²) >= 11 is 0. The van der Waals surface area contributed by atoms with E-state index < -0.39 is 23.2 Å². The van der Waals surface area contributed by atoms with Crippen molar-refractivity contribution >= 4 is 5.97 Å². The normalized spacial score (nSPS) is 11.0. The highest BCUT2D eigenvalue weighted by Gasteiger charge is 2.14. The number of esters is 1. The molecule has 1 aromatic carbocycles. The van der Waals surface area contributed by atoms with Crippen molar-refractivity contribution in [2.24, 2.45) is 0 Å². The molecule has 118 valence electrons. The van der Waals surface area contributed by atoms with Crippen LogP contribution in [0.1, 0.15) is 30.1 Å². The van der Waals surface area contributed by atoms with E-state index in [0.29, 0.717) is 0 Å². The van der Waals surface area contributed by atoms with Gasteiger partial charge in [-0.25, -0.2) is 4.79 Å². The van der Waals surface area contributed by atoms with Gasteiger partial charge in [-0.3, -0.25) is 0 Å². The van der Waals surface area contributed by atoms with E-state index in [0.717, 1.165) is 36.1 Å². The lowest BCUT2D eigenvalue weighted by molar-refractivity contribution is 0.0539. The summed E-state index contributed by atoms with van der Waals surface area (Å²) in [4.78, 5) is 11.8. The van der Waals surface area contributed by atoms with Crippen LogP contribution in [-0.4, -0.2) is 27.9 Å². The van der Waals surface area contributed by atoms with Crippen molar-refractivity contribution in [1.29, 1.82) is 0 Å². The molecule has 0 aliphatic rings. The van der Waals surface area contributed by atoms with Gasteiger partial charge in [-0.15, -0.1) is 0 Å². The third kappa shape index (κ3) is 5.01. The number of aromatic hydroxyl groups is 3. The van der Waals surface area contributed by atoms with Crippen LogP contribution >= 0.6 is 0 Å². The van der Waals surface area contributed by atoms with Crippen molar-refractivity contribution in [3.63, 3.8) is 0 Å². The summed E-state index contributed by atoms with van der Waals surface area (Å²) in [7, 11) is 0. The molecule has 3 N–H and O–H groups in total. The first-order chi connectivity index (χ1) is 10.3. The van der Waals surface area contributed by atoms with Crippen molar-refractivity contribution in [3.05, 3.63) is 54.2 Å². The molecule has 0 atom stereocenters. The van der Waals surface area contributed by atoms with Crippen molar-refractivity contribution < 1.29 is 24.9 Å². The Morgan fingerprint density at radius 2 is 1.86 bits per heavy atom. The third-order valence-corrected chi connectivity index (χ3v) is 2.98. The number of carbonyl (C=O) groups excluding carboxylic acids is 1. The van der Waals surface area contributed by atoms with Gasteiger partial charge in [0.05, 0.1) is 5.56 Å². The smallest absolute Gasteiger partial charge is 0.338 e. The molecule has 1 rings (SSSR count). The molecule has 0 amide bonds. The Labute approximate surface area is 129 Å². The third-order valence-electron chi connectivity index (χ3n) is 2.98. The van der Waals surface area contributed by atoms with Gasteiger partial charge in [-0.05, 0) is 37.5 Å². The SMILES string of the molecule is C=CC(=C)CCC=C(C)COC(=O)c1cc(O)c(O)c(O)c1. The van der Waals surface area contributed by atoms with Gasteiger partial charge in [-0.1, -0.05) is 30.9 Å². The van der Waals surface area contributed by atoms with E-state index >= 15 is 0 Å². The summed E-state index contributed by atoms with van der Waals surface area (Å²) in [5, 5.41) is 27.9. The second-order valence-corrected chi connectivity index (χ2v) is 4.89. The van der Waals surface area contributed by atoms with E-state index in [1.165, 1.54) is 0 Å². The molecule has 0 saturated heterocycles. The second kappa shape index (κ2) is 7.93. The molecule has 5 nitrogen and oxygen atoms in total. The fourth-order valence-corrected chi connectivity index (χ4v) is 1.65. The molecule has 0 aromatic heterocycles. The van der Waals surface area contributed by atoms with E-state index in [-0.39, 0.29) is 12.2 Å². The van der Waals surface area contributed by atoms with Crippen molar-refractivity contribution in [3.8, 4) is 17.2 Å². The molecule has 5 heteroatoms. The van der Waals surface area contributed by atoms with Crippen LogP contribution < -0.4 is 0 Å². The molecule has 0 aliphatic heterocycles. The number of ether oxygens (including phenoxy) is 1. The Morgan fingerprint density at radius 1 is 1.27 bits per heavy atom. The summed E-state index contributed by atoms with van der Waals surface area (Å²) in [6, 6.07) is 2.06. The molecule has 0 radical (unpaired) electrons. The minimum absolute atomic E-state index is 0.0411. The number of hydrogen-bond acceptors (Lipinski definition) is 5. The van der Waals surface area contributed by atoms with E-state index in [1.807, 2.05) is 13.0 Å². The lowest BCUT2D eigenvalue weighted by Gasteiger charge is -2.07. The number of benzene rings is 1. The van der Waals surface area contributed by atoms with E-state index in [4.69, 9.17) is 4.74 Å². The van der Waals surface area contributed by atoms with Crippen molar-refractivity contribution in [2.75, 3.05) is 6.61 Å². The largest absolute Gasteiger partial charge is 0.504 e. The summed E-state index contributed by atoms with van der Waals surface area (Å²) in [6.07, 6.45) is 5.20. The Balaban J connectivity index is 2.57. The van der Waals surface area contributed by atoms with Crippen LogP contribution in [0, 0.1) is 0 Å². The first-order valence-electron chi connectivity index (χ1n) is 6.73. The minimum atomic E-state index is -0.700. The molecule has 0 aliphatic carbocycles. The van der Waals surface area contributed by atoms with Gasteiger partial charge in [0.25, 0.3) is 0 Å². The van der Waals surface area contributed by atoms with E-state index in [2.05, 4.69) is 13.2 Å². The van der Waals surface area contributed by atoms with Crippen LogP contribution in [0.15, 0.2) is 48.6 Å². The maximum Gasteiger partial charge on any atom is 0.338 e. The zero-order valence-electron chi connectivity index (χ0n) is 12.5.